The molecular formula is C30H24Cl2N4O3S. The molecule has 0 bridgehead atoms. The van der Waals surface area contributed by atoms with Gasteiger partial charge in [-0.3, -0.25) is 14.4 Å². The first-order valence-electron chi connectivity index (χ1n) is 12.1. The van der Waals surface area contributed by atoms with E-state index in [2.05, 4.69) is 20.9 Å². The second kappa shape index (κ2) is 13.8. The molecule has 3 amide bonds. The minimum atomic E-state index is -0.557. The molecule has 0 aliphatic heterocycles. The van der Waals surface area contributed by atoms with Gasteiger partial charge in [0.1, 0.15) is 11.5 Å². The van der Waals surface area contributed by atoms with Crippen LogP contribution in [0.15, 0.2) is 108 Å². The molecular weight excluding hydrogens is 567 g/mol. The highest BCUT2D eigenvalue weighted by Gasteiger charge is 2.18. The van der Waals surface area contributed by atoms with E-state index in [-0.39, 0.29) is 11.6 Å². The van der Waals surface area contributed by atoms with Crippen LogP contribution in [0.2, 0.25) is 10.0 Å². The van der Waals surface area contributed by atoms with Gasteiger partial charge in [-0.2, -0.15) is 0 Å². The van der Waals surface area contributed by atoms with Crippen LogP contribution >= 0.6 is 35.0 Å². The Bertz CT molecular complexity index is 1550. The summed E-state index contributed by atoms with van der Waals surface area (Å²) in [7, 11) is 0. The zero-order valence-electron chi connectivity index (χ0n) is 21.2. The molecule has 1 unspecified atom stereocenters. The summed E-state index contributed by atoms with van der Waals surface area (Å²) in [6.07, 6.45) is 3.09. The molecule has 0 spiro atoms. The minimum Gasteiger partial charge on any atom is -0.321 e. The molecule has 1 aromatic heterocycles. The first-order chi connectivity index (χ1) is 19.3. The Hall–Kier alpha value is -4.11. The largest absolute Gasteiger partial charge is 0.321 e. The van der Waals surface area contributed by atoms with Crippen molar-refractivity contribution in [2.45, 2.75) is 17.1 Å². The van der Waals surface area contributed by atoms with Crippen molar-refractivity contribution in [1.82, 2.24) is 10.3 Å². The minimum absolute atomic E-state index is 0.0146. The number of benzene rings is 3. The van der Waals surface area contributed by atoms with E-state index in [9.17, 15) is 14.4 Å². The van der Waals surface area contributed by atoms with Gasteiger partial charge in [0, 0.05) is 32.4 Å². The Morgan fingerprint density at radius 3 is 2.38 bits per heavy atom. The van der Waals surface area contributed by atoms with Gasteiger partial charge in [0.2, 0.25) is 5.91 Å². The predicted molar refractivity (Wildman–Crippen MR) is 162 cm³/mol. The maximum absolute atomic E-state index is 13.4. The molecule has 40 heavy (non-hydrogen) atoms. The fraction of sp³-hybridized carbons (Fsp3) is 0.0667. The molecule has 4 rings (SSSR count). The summed E-state index contributed by atoms with van der Waals surface area (Å²) in [4.78, 5) is 43.7. The monoisotopic (exact) mass is 590 g/mol. The second-order valence-corrected chi connectivity index (χ2v) is 10.7. The van der Waals surface area contributed by atoms with Crippen LogP contribution < -0.4 is 16.0 Å². The number of halogens is 2. The van der Waals surface area contributed by atoms with Crippen molar-refractivity contribution in [1.29, 1.82) is 0 Å². The quantitative estimate of drug-likeness (QED) is 0.145. The summed E-state index contributed by atoms with van der Waals surface area (Å²) in [5.41, 5.74) is 1.36. The number of aromatic nitrogens is 1. The number of anilines is 2. The second-order valence-electron chi connectivity index (χ2n) is 8.49. The van der Waals surface area contributed by atoms with Crippen LogP contribution in [0.4, 0.5) is 11.5 Å². The normalized spacial score (nSPS) is 11.8. The van der Waals surface area contributed by atoms with Crippen LogP contribution in [0.3, 0.4) is 0 Å². The van der Waals surface area contributed by atoms with Gasteiger partial charge in [-0.15, -0.1) is 11.8 Å². The molecule has 3 aromatic carbocycles. The van der Waals surface area contributed by atoms with Crippen LogP contribution in [0.5, 0.6) is 0 Å². The van der Waals surface area contributed by atoms with Gasteiger partial charge in [0.05, 0.1) is 5.25 Å². The molecule has 1 heterocycles. The topological polar surface area (TPSA) is 100 Å². The van der Waals surface area contributed by atoms with E-state index in [0.717, 1.165) is 4.90 Å². The lowest BCUT2D eigenvalue weighted by atomic mass is 10.1. The standard InChI is InChI=1S/C30H24Cl2N4O3S/c1-19(28(37)36-27-12-5-6-15-33-27)40-24-11-7-10-23(18-24)34-30(39)26(16-21-13-14-22(31)17-25(21)32)35-29(38)20-8-3-2-4-9-20/h2-19H,1H3,(H,34,39)(H,35,38)(H,33,36,37)/b26-16+. The number of hydrogen-bond donors (Lipinski definition) is 3. The van der Waals surface area contributed by atoms with Crippen LogP contribution in [0.25, 0.3) is 6.08 Å². The molecule has 0 fully saturated rings. The predicted octanol–water partition coefficient (Wildman–Crippen LogP) is 6.92. The SMILES string of the molecule is CC(Sc1cccc(NC(=O)/C(=C\c2ccc(Cl)cc2Cl)NC(=O)c2ccccc2)c1)C(=O)Nc1ccccn1. The van der Waals surface area contributed by atoms with Crippen molar-refractivity contribution in [3.05, 3.63) is 124 Å². The van der Waals surface area contributed by atoms with E-state index in [4.69, 9.17) is 23.2 Å². The molecule has 0 aliphatic carbocycles. The number of pyridine rings is 1. The number of rotatable bonds is 9. The van der Waals surface area contributed by atoms with Crippen LogP contribution in [0, 0.1) is 0 Å². The third-order valence-corrected chi connectivity index (χ3v) is 7.14. The van der Waals surface area contributed by atoms with Gasteiger partial charge in [-0.05, 0) is 73.2 Å². The number of carbonyl (C=O) groups excluding carboxylic acids is 3. The molecule has 4 aromatic rings. The van der Waals surface area contributed by atoms with Crippen molar-refractivity contribution in [2.24, 2.45) is 0 Å². The fourth-order valence-electron chi connectivity index (χ4n) is 3.48. The number of thioether (sulfide) groups is 1. The Labute approximate surface area is 246 Å². The third-order valence-electron chi connectivity index (χ3n) is 5.48. The highest BCUT2D eigenvalue weighted by Crippen LogP contribution is 2.27. The Balaban J connectivity index is 1.51. The lowest BCUT2D eigenvalue weighted by Crippen LogP contribution is -2.30. The van der Waals surface area contributed by atoms with Crippen LogP contribution in [-0.2, 0) is 9.59 Å². The van der Waals surface area contributed by atoms with Gasteiger partial charge in [0.15, 0.2) is 0 Å². The zero-order chi connectivity index (χ0) is 28.5. The van der Waals surface area contributed by atoms with Gasteiger partial charge in [-0.25, -0.2) is 4.98 Å². The zero-order valence-corrected chi connectivity index (χ0v) is 23.6. The van der Waals surface area contributed by atoms with Gasteiger partial charge in [0.25, 0.3) is 11.8 Å². The van der Waals surface area contributed by atoms with E-state index >= 15 is 0 Å². The summed E-state index contributed by atoms with van der Waals surface area (Å²) < 4.78 is 0. The molecule has 10 heteroatoms. The van der Waals surface area contributed by atoms with Crippen molar-refractivity contribution in [2.75, 3.05) is 10.6 Å². The molecule has 1 atom stereocenters. The van der Waals surface area contributed by atoms with Crippen molar-refractivity contribution in [3.63, 3.8) is 0 Å². The molecule has 0 saturated heterocycles. The number of hydrogen-bond acceptors (Lipinski definition) is 5. The molecule has 202 valence electrons. The number of nitrogens with zero attached hydrogens (tertiary/aromatic N) is 1. The lowest BCUT2D eigenvalue weighted by Gasteiger charge is -2.14. The highest BCUT2D eigenvalue weighted by atomic mass is 35.5. The molecule has 7 nitrogen and oxygen atoms in total. The average molecular weight is 592 g/mol. The Kier molecular flexibility index (Phi) is 9.96. The van der Waals surface area contributed by atoms with Crippen molar-refractivity contribution in [3.8, 4) is 0 Å². The Morgan fingerprint density at radius 1 is 0.875 bits per heavy atom. The maximum atomic E-state index is 13.4. The summed E-state index contributed by atoms with van der Waals surface area (Å²) in [6.45, 7) is 1.78. The highest BCUT2D eigenvalue weighted by molar-refractivity contribution is 8.00. The van der Waals surface area contributed by atoms with Gasteiger partial charge >= 0.3 is 0 Å². The van der Waals surface area contributed by atoms with Gasteiger partial charge in [-0.1, -0.05) is 59.6 Å². The average Bonchev–Trinajstić information content (AvgIpc) is 2.95. The third kappa shape index (κ3) is 8.19. The van der Waals surface area contributed by atoms with E-state index in [0.29, 0.717) is 32.7 Å². The van der Waals surface area contributed by atoms with Crippen LogP contribution in [0.1, 0.15) is 22.8 Å². The first-order valence-corrected chi connectivity index (χ1v) is 13.7. The van der Waals surface area contributed by atoms with Crippen molar-refractivity contribution < 1.29 is 14.4 Å². The number of amides is 3. The summed E-state index contributed by atoms with van der Waals surface area (Å²) in [5, 5.41) is 8.62. The molecule has 0 saturated carbocycles. The van der Waals surface area contributed by atoms with E-state index in [1.807, 2.05) is 6.07 Å². The van der Waals surface area contributed by atoms with E-state index < -0.39 is 17.1 Å². The first kappa shape index (κ1) is 28.9. The summed E-state index contributed by atoms with van der Waals surface area (Å²) in [5.74, 6) is -0.743. The molecule has 0 radical (unpaired) electrons. The number of nitrogens with one attached hydrogen (secondary N) is 3. The van der Waals surface area contributed by atoms with E-state index in [1.54, 1.807) is 98.0 Å². The summed E-state index contributed by atoms with van der Waals surface area (Å²) in [6, 6.07) is 25.7. The smallest absolute Gasteiger partial charge is 0.272 e. The maximum Gasteiger partial charge on any atom is 0.272 e. The Morgan fingerprint density at radius 2 is 1.65 bits per heavy atom. The molecule has 0 aliphatic rings. The van der Waals surface area contributed by atoms with E-state index in [1.165, 1.54) is 17.8 Å². The fourth-order valence-corrected chi connectivity index (χ4v) is 4.87. The number of carbonyl (C=O) groups is 3. The van der Waals surface area contributed by atoms with Crippen LogP contribution in [-0.4, -0.2) is 28.0 Å². The summed E-state index contributed by atoms with van der Waals surface area (Å²) >= 11 is 13.7. The molecule has 3 N–H and O–H groups in total. The lowest BCUT2D eigenvalue weighted by molar-refractivity contribution is -0.115. The van der Waals surface area contributed by atoms with Gasteiger partial charge < -0.3 is 16.0 Å². The van der Waals surface area contributed by atoms with Crippen molar-refractivity contribution >= 4 is 70.3 Å².